The van der Waals surface area contributed by atoms with Gasteiger partial charge in [0.25, 0.3) is 5.24 Å². The third kappa shape index (κ3) is 4.24. The monoisotopic (exact) mass is 254 g/mol. The van der Waals surface area contributed by atoms with E-state index in [-0.39, 0.29) is 17.4 Å². The van der Waals surface area contributed by atoms with Crippen LogP contribution in [0, 0.1) is 0 Å². The minimum absolute atomic E-state index is 0.196. The van der Waals surface area contributed by atoms with E-state index >= 15 is 0 Å². The molecule has 0 bridgehead atoms. The van der Waals surface area contributed by atoms with Crippen LogP contribution >= 0.6 is 11.6 Å². The Hall–Kier alpha value is -1.88. The molecule has 6 heteroatoms. The number of nitrogens with one attached hydrogen (secondary N) is 2. The lowest BCUT2D eigenvalue weighted by Crippen LogP contribution is -2.10. The predicted octanol–water partition coefficient (Wildman–Crippen LogP) is 1.98. The molecule has 0 aliphatic heterocycles. The topological polar surface area (TPSA) is 75.3 Å². The van der Waals surface area contributed by atoms with Gasteiger partial charge in [-0.2, -0.15) is 0 Å². The number of benzene rings is 1. The maximum absolute atomic E-state index is 11.1. The molecule has 0 spiro atoms. The highest BCUT2D eigenvalue weighted by molar-refractivity contribution is 6.67. The van der Waals surface area contributed by atoms with Gasteiger partial charge in [-0.3, -0.25) is 14.4 Å². The highest BCUT2D eigenvalue weighted by Crippen LogP contribution is 2.20. The fraction of sp³-hybridized carbons (Fsp3) is 0.182. The second-order valence-corrected chi connectivity index (χ2v) is 3.78. The Bertz CT molecular complexity index is 451. The number of hydrogen-bond donors (Lipinski definition) is 2. The Labute approximate surface area is 103 Å². The van der Waals surface area contributed by atoms with E-state index in [1.54, 1.807) is 0 Å². The first kappa shape index (κ1) is 13.2. The summed E-state index contributed by atoms with van der Waals surface area (Å²) in [6.45, 7) is 2.68. The first-order valence-electron chi connectivity index (χ1n) is 4.78. The van der Waals surface area contributed by atoms with Crippen LogP contribution in [0.25, 0.3) is 0 Å². The van der Waals surface area contributed by atoms with Crippen LogP contribution in [-0.2, 0) is 9.59 Å². The maximum Gasteiger partial charge on any atom is 0.252 e. The average molecular weight is 255 g/mol. The second kappa shape index (κ2) is 5.45. The Morgan fingerprint density at radius 2 is 1.35 bits per heavy atom. The molecular weight excluding hydrogens is 244 g/mol. The molecular formula is C11H11ClN2O3. The first-order valence-corrected chi connectivity index (χ1v) is 5.16. The van der Waals surface area contributed by atoms with Gasteiger partial charge in [0.1, 0.15) is 0 Å². The van der Waals surface area contributed by atoms with Gasteiger partial charge in [0.05, 0.1) is 0 Å². The quantitative estimate of drug-likeness (QED) is 0.810. The number of carbonyl (C=O) groups is 3. The Kier molecular flexibility index (Phi) is 4.23. The predicted molar refractivity (Wildman–Crippen MR) is 65.2 cm³/mol. The number of rotatable bonds is 3. The summed E-state index contributed by atoms with van der Waals surface area (Å²) in [6, 6.07) is 4.40. The van der Waals surface area contributed by atoms with E-state index in [9.17, 15) is 14.4 Å². The van der Waals surface area contributed by atoms with Gasteiger partial charge in [0, 0.05) is 30.8 Å². The van der Waals surface area contributed by atoms with Gasteiger partial charge in [-0.25, -0.2) is 0 Å². The zero-order chi connectivity index (χ0) is 13.0. The van der Waals surface area contributed by atoms with E-state index in [1.165, 1.54) is 32.0 Å². The Morgan fingerprint density at radius 3 is 1.65 bits per heavy atom. The lowest BCUT2D eigenvalue weighted by Gasteiger charge is -2.08. The van der Waals surface area contributed by atoms with Crippen LogP contribution in [0.15, 0.2) is 18.2 Å². The molecule has 0 radical (unpaired) electrons. The first-order chi connectivity index (χ1) is 7.88. The van der Waals surface area contributed by atoms with Crippen molar-refractivity contribution in [3.05, 3.63) is 23.8 Å². The van der Waals surface area contributed by atoms with E-state index < -0.39 is 5.24 Å². The van der Waals surface area contributed by atoms with Crippen molar-refractivity contribution in [2.45, 2.75) is 13.8 Å². The van der Waals surface area contributed by atoms with Gasteiger partial charge in [-0.15, -0.1) is 0 Å². The standard InChI is InChI=1S/C11H11ClN2O3/c1-6(15)13-9-3-8(11(12)17)4-10(5-9)14-7(2)16/h3-5H,1-2H3,(H,13,15)(H,14,16). The molecule has 0 aliphatic carbocycles. The molecule has 1 rings (SSSR count). The summed E-state index contributed by atoms with van der Waals surface area (Å²) >= 11 is 5.36. The van der Waals surface area contributed by atoms with Crippen molar-refractivity contribution >= 4 is 40.0 Å². The molecule has 0 heterocycles. The van der Waals surface area contributed by atoms with Gasteiger partial charge >= 0.3 is 0 Å². The second-order valence-electron chi connectivity index (χ2n) is 3.44. The van der Waals surface area contributed by atoms with E-state index in [2.05, 4.69) is 10.6 Å². The van der Waals surface area contributed by atoms with Gasteiger partial charge in [0.15, 0.2) is 0 Å². The summed E-state index contributed by atoms with van der Waals surface area (Å²) in [7, 11) is 0. The third-order valence-electron chi connectivity index (χ3n) is 1.80. The molecule has 1 aromatic carbocycles. The number of anilines is 2. The van der Waals surface area contributed by atoms with E-state index in [1.807, 2.05) is 0 Å². The maximum atomic E-state index is 11.1. The number of hydrogen-bond acceptors (Lipinski definition) is 3. The number of amides is 2. The van der Waals surface area contributed by atoms with Gasteiger partial charge in [-0.05, 0) is 29.8 Å². The molecule has 0 unspecified atom stereocenters. The number of carbonyl (C=O) groups excluding carboxylic acids is 3. The van der Waals surface area contributed by atoms with Crippen LogP contribution in [0.1, 0.15) is 24.2 Å². The van der Waals surface area contributed by atoms with Crippen molar-refractivity contribution in [1.82, 2.24) is 0 Å². The van der Waals surface area contributed by atoms with Crippen LogP contribution in [0.4, 0.5) is 11.4 Å². The van der Waals surface area contributed by atoms with Crippen LogP contribution in [0.5, 0.6) is 0 Å². The van der Waals surface area contributed by atoms with Gasteiger partial charge < -0.3 is 10.6 Å². The molecule has 0 aromatic heterocycles. The summed E-state index contributed by atoms with van der Waals surface area (Å²) in [5.41, 5.74) is 0.988. The Morgan fingerprint density at radius 1 is 0.941 bits per heavy atom. The summed E-state index contributed by atoms with van der Waals surface area (Å²) < 4.78 is 0. The minimum Gasteiger partial charge on any atom is -0.326 e. The fourth-order valence-electron chi connectivity index (χ4n) is 1.29. The molecule has 1 aromatic rings. The van der Waals surface area contributed by atoms with E-state index in [4.69, 9.17) is 11.6 Å². The van der Waals surface area contributed by atoms with Crippen molar-refractivity contribution in [2.75, 3.05) is 10.6 Å². The highest BCUT2D eigenvalue weighted by atomic mass is 35.5. The summed E-state index contributed by atoms with van der Waals surface area (Å²) in [5.74, 6) is -0.559. The third-order valence-corrected chi connectivity index (χ3v) is 2.02. The van der Waals surface area contributed by atoms with Crippen molar-refractivity contribution in [2.24, 2.45) is 0 Å². The van der Waals surface area contributed by atoms with Crippen LogP contribution in [-0.4, -0.2) is 17.1 Å². The summed E-state index contributed by atoms with van der Waals surface area (Å²) in [6.07, 6.45) is 0. The number of halogens is 1. The normalized spacial score (nSPS) is 9.59. The molecule has 0 atom stereocenters. The lowest BCUT2D eigenvalue weighted by molar-refractivity contribution is -0.115. The molecule has 5 nitrogen and oxygen atoms in total. The molecule has 2 N–H and O–H groups in total. The largest absolute Gasteiger partial charge is 0.326 e. The zero-order valence-electron chi connectivity index (χ0n) is 9.33. The molecule has 2 amide bonds. The van der Waals surface area contributed by atoms with Crippen molar-refractivity contribution in [3.63, 3.8) is 0 Å². The molecule has 0 fully saturated rings. The zero-order valence-corrected chi connectivity index (χ0v) is 10.1. The highest BCUT2D eigenvalue weighted by Gasteiger charge is 2.08. The van der Waals surface area contributed by atoms with Crippen molar-refractivity contribution in [1.29, 1.82) is 0 Å². The van der Waals surface area contributed by atoms with Crippen molar-refractivity contribution < 1.29 is 14.4 Å². The summed E-state index contributed by atoms with van der Waals surface area (Å²) in [4.78, 5) is 32.9. The molecule has 17 heavy (non-hydrogen) atoms. The SMILES string of the molecule is CC(=O)Nc1cc(NC(C)=O)cc(C(=O)Cl)c1. The molecule has 0 saturated heterocycles. The van der Waals surface area contributed by atoms with Gasteiger partial charge in [-0.1, -0.05) is 0 Å². The average Bonchev–Trinajstić information content (AvgIpc) is 2.14. The minimum atomic E-state index is -0.663. The summed E-state index contributed by atoms with van der Waals surface area (Å²) in [5, 5.41) is 4.36. The fourth-order valence-corrected chi connectivity index (χ4v) is 1.40. The molecule has 90 valence electrons. The Balaban J connectivity index is 3.13. The molecule has 0 aliphatic rings. The van der Waals surface area contributed by atoms with E-state index in [0.717, 1.165) is 0 Å². The smallest absolute Gasteiger partial charge is 0.252 e. The van der Waals surface area contributed by atoms with Gasteiger partial charge in [0.2, 0.25) is 11.8 Å². The van der Waals surface area contributed by atoms with Crippen LogP contribution in [0.3, 0.4) is 0 Å². The lowest BCUT2D eigenvalue weighted by atomic mass is 10.2. The van der Waals surface area contributed by atoms with Crippen LogP contribution in [0.2, 0.25) is 0 Å². The van der Waals surface area contributed by atoms with Crippen LogP contribution < -0.4 is 10.6 Å². The molecule has 0 saturated carbocycles. The van der Waals surface area contributed by atoms with Crippen molar-refractivity contribution in [3.8, 4) is 0 Å². The van der Waals surface area contributed by atoms with E-state index in [0.29, 0.717) is 11.4 Å².